The number of anilines is 1. The maximum atomic E-state index is 13.2. The number of carbonyl (C=O) groups is 1. The van der Waals surface area contributed by atoms with Gasteiger partial charge in [-0.1, -0.05) is 0 Å². The Balaban J connectivity index is 1.41. The molecule has 0 spiro atoms. The largest absolute Gasteiger partial charge is 0.369 e. The number of hydrogen-bond donors (Lipinski definition) is 0. The van der Waals surface area contributed by atoms with Crippen molar-refractivity contribution >= 4 is 11.6 Å². The van der Waals surface area contributed by atoms with Crippen LogP contribution >= 0.6 is 0 Å². The van der Waals surface area contributed by atoms with Gasteiger partial charge >= 0.3 is 5.69 Å². The summed E-state index contributed by atoms with van der Waals surface area (Å²) in [4.78, 5) is 43.7. The second-order valence-corrected chi connectivity index (χ2v) is 8.32. The third kappa shape index (κ3) is 4.27. The minimum Gasteiger partial charge on any atom is -0.369 e. The fourth-order valence-electron chi connectivity index (χ4n) is 4.53. The first kappa shape index (κ1) is 21.3. The highest BCUT2D eigenvalue weighted by Gasteiger charge is 2.31. The molecule has 1 atom stereocenters. The second kappa shape index (κ2) is 8.66. The van der Waals surface area contributed by atoms with Crippen molar-refractivity contribution in [1.82, 2.24) is 18.9 Å². The number of hydrogen-bond acceptors (Lipinski definition) is 5. The van der Waals surface area contributed by atoms with E-state index in [-0.39, 0.29) is 23.5 Å². The quantitative estimate of drug-likeness (QED) is 0.717. The zero-order valence-corrected chi connectivity index (χ0v) is 18.0. The summed E-state index contributed by atoms with van der Waals surface area (Å²) in [6.07, 6.45) is 1.89. The summed E-state index contributed by atoms with van der Waals surface area (Å²) in [7, 11) is 2.92. The van der Waals surface area contributed by atoms with Crippen molar-refractivity contribution in [2.75, 3.05) is 44.2 Å². The van der Waals surface area contributed by atoms with Crippen LogP contribution in [-0.4, -0.2) is 70.2 Å². The number of rotatable bonds is 3. The molecule has 0 N–H and O–H groups in total. The van der Waals surface area contributed by atoms with E-state index in [1.54, 1.807) is 17.0 Å². The first-order chi connectivity index (χ1) is 14.8. The lowest BCUT2D eigenvalue weighted by atomic mass is 10.0. The van der Waals surface area contributed by atoms with Crippen molar-refractivity contribution in [3.05, 3.63) is 62.7 Å². The average Bonchev–Trinajstić information content (AvgIpc) is 2.80. The van der Waals surface area contributed by atoms with E-state index in [1.807, 2.05) is 0 Å². The van der Waals surface area contributed by atoms with Gasteiger partial charge in [0, 0.05) is 71.2 Å². The summed E-state index contributed by atoms with van der Waals surface area (Å²) in [5, 5.41) is 0. The molecule has 0 radical (unpaired) electrons. The molecule has 1 aromatic heterocycles. The Bertz CT molecular complexity index is 1070. The number of likely N-dealkylation sites (tertiary alicyclic amines) is 1. The molecule has 0 unspecified atom stereocenters. The summed E-state index contributed by atoms with van der Waals surface area (Å²) in [5.41, 5.74) is 0.182. The molecular weight excluding hydrogens is 401 g/mol. The average molecular weight is 429 g/mol. The van der Waals surface area contributed by atoms with Crippen LogP contribution in [0.5, 0.6) is 0 Å². The fourth-order valence-corrected chi connectivity index (χ4v) is 4.53. The molecule has 2 aliphatic rings. The summed E-state index contributed by atoms with van der Waals surface area (Å²) < 4.78 is 15.4. The third-order valence-corrected chi connectivity index (χ3v) is 6.45. The lowest BCUT2D eigenvalue weighted by Crippen LogP contribution is -2.56. The van der Waals surface area contributed by atoms with Gasteiger partial charge in [-0.3, -0.25) is 23.6 Å². The fraction of sp³-hybridized carbons (Fsp3) is 0.500. The third-order valence-electron chi connectivity index (χ3n) is 6.45. The Kier molecular flexibility index (Phi) is 5.95. The van der Waals surface area contributed by atoms with E-state index in [1.165, 1.54) is 36.9 Å². The molecule has 1 aromatic carbocycles. The van der Waals surface area contributed by atoms with Crippen LogP contribution in [0.1, 0.15) is 23.3 Å². The van der Waals surface area contributed by atoms with Crippen LogP contribution in [0.3, 0.4) is 0 Å². The molecule has 0 saturated carbocycles. The zero-order chi connectivity index (χ0) is 22.1. The van der Waals surface area contributed by atoms with Crippen molar-refractivity contribution < 1.29 is 9.18 Å². The van der Waals surface area contributed by atoms with Crippen LogP contribution in [0.15, 0.2) is 39.9 Å². The number of carbonyl (C=O) groups excluding carboxylic acids is 1. The van der Waals surface area contributed by atoms with E-state index in [0.29, 0.717) is 13.1 Å². The van der Waals surface area contributed by atoms with E-state index in [9.17, 15) is 18.8 Å². The van der Waals surface area contributed by atoms with Gasteiger partial charge in [-0.05, 0) is 37.1 Å². The predicted molar refractivity (Wildman–Crippen MR) is 116 cm³/mol. The van der Waals surface area contributed by atoms with E-state index in [4.69, 9.17) is 0 Å². The molecule has 2 aromatic rings. The Morgan fingerprint density at radius 3 is 2.32 bits per heavy atom. The number of halogens is 1. The Labute approximate surface area is 180 Å². The summed E-state index contributed by atoms with van der Waals surface area (Å²) in [6.45, 7) is 4.63. The topological polar surface area (TPSA) is 70.8 Å². The Morgan fingerprint density at radius 1 is 0.968 bits per heavy atom. The highest BCUT2D eigenvalue weighted by atomic mass is 19.1. The normalized spacial score (nSPS) is 20.2. The maximum absolute atomic E-state index is 13.2. The number of piperazine rings is 1. The SMILES string of the molecule is Cn1c(C(=O)N2CCC[C@@H](N3CCN(c4ccc(F)cc4)CC3)C2)cc(=O)n(C)c1=O. The van der Waals surface area contributed by atoms with Crippen LogP contribution in [0.25, 0.3) is 0 Å². The molecule has 9 heteroatoms. The first-order valence-electron chi connectivity index (χ1n) is 10.7. The van der Waals surface area contributed by atoms with E-state index in [0.717, 1.165) is 49.3 Å². The highest BCUT2D eigenvalue weighted by molar-refractivity contribution is 5.92. The standard InChI is InChI=1S/C22H28FN5O3/c1-24-19(14-20(29)25(2)22(24)31)21(30)28-9-3-4-18(15-28)27-12-10-26(11-13-27)17-7-5-16(23)6-8-17/h5-8,14,18H,3-4,9-13,15H2,1-2H3/t18-/m1/s1. The molecule has 0 bridgehead atoms. The van der Waals surface area contributed by atoms with Crippen molar-refractivity contribution in [3.63, 3.8) is 0 Å². The molecule has 8 nitrogen and oxygen atoms in total. The first-order valence-corrected chi connectivity index (χ1v) is 10.7. The molecule has 166 valence electrons. The van der Waals surface area contributed by atoms with Crippen LogP contribution in [0.2, 0.25) is 0 Å². The predicted octanol–water partition coefficient (Wildman–Crippen LogP) is 0.650. The molecule has 3 heterocycles. The molecule has 1 amide bonds. The summed E-state index contributed by atoms with van der Waals surface area (Å²) >= 11 is 0. The number of benzene rings is 1. The molecule has 2 saturated heterocycles. The number of aromatic nitrogens is 2. The van der Waals surface area contributed by atoms with Gasteiger partial charge < -0.3 is 9.80 Å². The molecule has 31 heavy (non-hydrogen) atoms. The van der Waals surface area contributed by atoms with Gasteiger partial charge in [0.2, 0.25) is 0 Å². The summed E-state index contributed by atoms with van der Waals surface area (Å²) in [5.74, 6) is -0.505. The van der Waals surface area contributed by atoms with Gasteiger partial charge in [0.1, 0.15) is 11.5 Å². The van der Waals surface area contributed by atoms with Gasteiger partial charge in [0.15, 0.2) is 0 Å². The molecule has 2 fully saturated rings. The van der Waals surface area contributed by atoms with Crippen LogP contribution in [0.4, 0.5) is 10.1 Å². The van der Waals surface area contributed by atoms with Crippen LogP contribution in [-0.2, 0) is 14.1 Å². The molecular formula is C22H28FN5O3. The maximum Gasteiger partial charge on any atom is 0.331 e. The molecule has 2 aliphatic heterocycles. The van der Waals surface area contributed by atoms with Crippen molar-refractivity contribution in [3.8, 4) is 0 Å². The Hall–Kier alpha value is -2.94. The van der Waals surface area contributed by atoms with Crippen molar-refractivity contribution in [2.24, 2.45) is 14.1 Å². The van der Waals surface area contributed by atoms with E-state index in [2.05, 4.69) is 9.80 Å². The lowest BCUT2D eigenvalue weighted by Gasteiger charge is -2.44. The molecule has 4 rings (SSSR count). The van der Waals surface area contributed by atoms with Crippen LogP contribution < -0.4 is 16.1 Å². The van der Waals surface area contributed by atoms with E-state index >= 15 is 0 Å². The van der Waals surface area contributed by atoms with Gasteiger partial charge in [0.25, 0.3) is 11.5 Å². The minimum atomic E-state index is -0.499. The van der Waals surface area contributed by atoms with Gasteiger partial charge in [-0.15, -0.1) is 0 Å². The minimum absolute atomic E-state index is 0.134. The zero-order valence-electron chi connectivity index (χ0n) is 18.0. The van der Waals surface area contributed by atoms with Gasteiger partial charge in [0.05, 0.1) is 0 Å². The van der Waals surface area contributed by atoms with E-state index < -0.39 is 11.2 Å². The number of amides is 1. The number of nitrogens with zero attached hydrogens (tertiary/aromatic N) is 5. The van der Waals surface area contributed by atoms with Gasteiger partial charge in [-0.2, -0.15) is 0 Å². The lowest BCUT2D eigenvalue weighted by molar-refractivity contribution is 0.0553. The summed E-state index contributed by atoms with van der Waals surface area (Å²) in [6, 6.07) is 8.07. The number of piperidine rings is 1. The monoisotopic (exact) mass is 429 g/mol. The van der Waals surface area contributed by atoms with Crippen LogP contribution in [0, 0.1) is 5.82 Å². The highest BCUT2D eigenvalue weighted by Crippen LogP contribution is 2.22. The van der Waals surface area contributed by atoms with Gasteiger partial charge in [-0.25, -0.2) is 9.18 Å². The van der Waals surface area contributed by atoms with Crippen molar-refractivity contribution in [2.45, 2.75) is 18.9 Å². The molecule has 0 aliphatic carbocycles. The Morgan fingerprint density at radius 2 is 1.65 bits per heavy atom. The smallest absolute Gasteiger partial charge is 0.331 e. The second-order valence-electron chi connectivity index (χ2n) is 8.32. The van der Waals surface area contributed by atoms with Crippen molar-refractivity contribution in [1.29, 1.82) is 0 Å².